The normalized spacial score (nSPS) is 13.1. The maximum Gasteiger partial charge on any atom is 0.131 e. The lowest BCUT2D eigenvalue weighted by molar-refractivity contribution is 0.706. The fraction of sp³-hybridized carbons (Fsp3) is 0.250. The summed E-state index contributed by atoms with van der Waals surface area (Å²) in [6, 6.07) is 1.70. The van der Waals surface area contributed by atoms with Crippen molar-refractivity contribution in [2.24, 2.45) is 12.8 Å². The molecule has 1 atom stereocenters. The minimum absolute atomic E-state index is 0.216. The predicted octanol–water partition coefficient (Wildman–Crippen LogP) is 0.925. The molecule has 0 aromatic carbocycles. The summed E-state index contributed by atoms with van der Waals surface area (Å²) in [5.74, 6) is 0.839. The molecule has 0 fully saturated rings. The molecule has 1 unspecified atom stereocenters. The number of hydrogen-bond acceptors (Lipinski definition) is 4. The van der Waals surface area contributed by atoms with E-state index < -0.39 is 0 Å². The van der Waals surface area contributed by atoms with Gasteiger partial charge in [-0.3, -0.25) is 0 Å². The Labute approximate surface area is 80.2 Å². The van der Waals surface area contributed by atoms with Crippen LogP contribution in [0.25, 0.3) is 0 Å². The number of aromatic nitrogens is 3. The first-order valence-corrected chi connectivity index (χ1v) is 4.76. The summed E-state index contributed by atoms with van der Waals surface area (Å²) in [4.78, 5) is 4.17. The van der Waals surface area contributed by atoms with Gasteiger partial charge in [0.15, 0.2) is 0 Å². The summed E-state index contributed by atoms with van der Waals surface area (Å²) in [6.07, 6.45) is 3.61. The lowest BCUT2D eigenvalue weighted by Crippen LogP contribution is -2.16. The van der Waals surface area contributed by atoms with Crippen LogP contribution in [0.2, 0.25) is 0 Å². The second-order valence-electron chi connectivity index (χ2n) is 2.80. The summed E-state index contributed by atoms with van der Waals surface area (Å²) in [5.41, 5.74) is 6.84. The molecule has 0 aliphatic heterocycles. The van der Waals surface area contributed by atoms with Crippen LogP contribution in [-0.4, -0.2) is 13.9 Å². The van der Waals surface area contributed by atoms with Gasteiger partial charge in [-0.15, -0.1) is 0 Å². The van der Waals surface area contributed by atoms with Crippen molar-refractivity contribution in [2.45, 2.75) is 6.04 Å². The summed E-state index contributed by atoms with van der Waals surface area (Å²) in [7, 11) is 1.93. The standard InChI is InChI=1S/C8H10N4S/c1-12-4-3-10-8(12)7(9)6-2-5-13-11-6/h2-5,7H,9H2,1H3. The van der Waals surface area contributed by atoms with Gasteiger partial charge in [0.1, 0.15) is 11.9 Å². The fourth-order valence-electron chi connectivity index (χ4n) is 1.19. The number of aryl methyl sites for hydroxylation is 1. The van der Waals surface area contributed by atoms with E-state index in [1.165, 1.54) is 11.5 Å². The van der Waals surface area contributed by atoms with Crippen molar-refractivity contribution in [2.75, 3.05) is 0 Å². The first-order valence-electron chi connectivity index (χ1n) is 3.92. The molecule has 2 aromatic heterocycles. The monoisotopic (exact) mass is 194 g/mol. The second-order valence-corrected chi connectivity index (χ2v) is 3.46. The van der Waals surface area contributed by atoms with Gasteiger partial charge < -0.3 is 10.3 Å². The highest BCUT2D eigenvalue weighted by Gasteiger charge is 2.14. The highest BCUT2D eigenvalue weighted by atomic mass is 32.1. The minimum Gasteiger partial charge on any atom is -0.336 e. The van der Waals surface area contributed by atoms with Crippen LogP contribution in [0.4, 0.5) is 0 Å². The molecule has 0 aliphatic carbocycles. The van der Waals surface area contributed by atoms with Gasteiger partial charge in [-0.1, -0.05) is 0 Å². The van der Waals surface area contributed by atoms with Gasteiger partial charge in [0.25, 0.3) is 0 Å². The Bertz CT molecular complexity index is 379. The Kier molecular flexibility index (Phi) is 2.12. The van der Waals surface area contributed by atoms with Crippen LogP contribution in [0, 0.1) is 0 Å². The van der Waals surface area contributed by atoms with Crippen molar-refractivity contribution in [3.05, 3.63) is 35.4 Å². The van der Waals surface area contributed by atoms with Crippen LogP contribution in [0.5, 0.6) is 0 Å². The van der Waals surface area contributed by atoms with Crippen molar-refractivity contribution in [1.29, 1.82) is 0 Å². The largest absolute Gasteiger partial charge is 0.336 e. The number of imidazole rings is 1. The Morgan fingerprint density at radius 3 is 3.00 bits per heavy atom. The zero-order chi connectivity index (χ0) is 9.26. The third-order valence-electron chi connectivity index (χ3n) is 1.91. The van der Waals surface area contributed by atoms with Crippen LogP contribution in [0.15, 0.2) is 23.8 Å². The smallest absolute Gasteiger partial charge is 0.131 e. The third kappa shape index (κ3) is 1.48. The van der Waals surface area contributed by atoms with Gasteiger partial charge in [0.2, 0.25) is 0 Å². The Morgan fingerprint density at radius 1 is 1.62 bits per heavy atom. The van der Waals surface area contributed by atoms with Crippen molar-refractivity contribution >= 4 is 11.5 Å². The van der Waals surface area contributed by atoms with E-state index in [0.29, 0.717) is 0 Å². The number of rotatable bonds is 2. The van der Waals surface area contributed by atoms with Crippen molar-refractivity contribution < 1.29 is 0 Å². The van der Waals surface area contributed by atoms with Crippen LogP contribution < -0.4 is 5.73 Å². The van der Waals surface area contributed by atoms with Gasteiger partial charge in [-0.25, -0.2) is 4.98 Å². The van der Waals surface area contributed by atoms with Crippen LogP contribution in [0.1, 0.15) is 17.6 Å². The summed E-state index contributed by atoms with van der Waals surface area (Å²) >= 11 is 1.40. The molecule has 68 valence electrons. The molecule has 2 rings (SSSR count). The van der Waals surface area contributed by atoms with Gasteiger partial charge >= 0.3 is 0 Å². The Balaban J connectivity index is 2.33. The maximum atomic E-state index is 5.97. The minimum atomic E-state index is -0.216. The highest BCUT2D eigenvalue weighted by Crippen LogP contribution is 2.16. The predicted molar refractivity (Wildman–Crippen MR) is 51.4 cm³/mol. The summed E-state index contributed by atoms with van der Waals surface area (Å²) < 4.78 is 6.08. The second kappa shape index (κ2) is 3.27. The molecule has 4 nitrogen and oxygen atoms in total. The van der Waals surface area contributed by atoms with Gasteiger partial charge in [0.05, 0.1) is 5.69 Å². The number of nitrogens with two attached hydrogens (primary N) is 1. The van der Waals surface area contributed by atoms with Crippen LogP contribution in [-0.2, 0) is 7.05 Å². The molecule has 0 saturated heterocycles. The molecule has 13 heavy (non-hydrogen) atoms. The zero-order valence-corrected chi connectivity index (χ0v) is 8.03. The molecule has 0 amide bonds. The molecule has 2 N–H and O–H groups in total. The summed E-state index contributed by atoms with van der Waals surface area (Å²) in [6.45, 7) is 0. The van der Waals surface area contributed by atoms with E-state index >= 15 is 0 Å². The Morgan fingerprint density at radius 2 is 2.46 bits per heavy atom. The molecule has 2 heterocycles. The summed E-state index contributed by atoms with van der Waals surface area (Å²) in [5, 5.41) is 1.91. The number of nitrogens with zero attached hydrogens (tertiary/aromatic N) is 3. The van der Waals surface area contributed by atoms with Crippen molar-refractivity contribution in [3.8, 4) is 0 Å². The Hall–Kier alpha value is -1.20. The lowest BCUT2D eigenvalue weighted by atomic mass is 10.2. The van der Waals surface area contributed by atoms with Crippen LogP contribution in [0.3, 0.4) is 0 Å². The first-order chi connectivity index (χ1) is 6.29. The molecule has 0 radical (unpaired) electrons. The molecule has 0 spiro atoms. The third-order valence-corrected chi connectivity index (χ3v) is 2.49. The average Bonchev–Trinajstić information content (AvgIpc) is 2.72. The van der Waals surface area contributed by atoms with Gasteiger partial charge in [-0.2, -0.15) is 4.37 Å². The molecule has 0 bridgehead atoms. The van der Waals surface area contributed by atoms with E-state index in [4.69, 9.17) is 5.73 Å². The zero-order valence-electron chi connectivity index (χ0n) is 7.21. The lowest BCUT2D eigenvalue weighted by Gasteiger charge is -2.07. The number of hydrogen-bond donors (Lipinski definition) is 1. The van der Waals surface area contributed by atoms with E-state index in [1.807, 2.05) is 29.3 Å². The quantitative estimate of drug-likeness (QED) is 0.773. The topological polar surface area (TPSA) is 56.7 Å². The molecule has 5 heteroatoms. The van der Waals surface area contributed by atoms with Gasteiger partial charge in [-0.05, 0) is 17.6 Å². The molecule has 0 aliphatic rings. The van der Waals surface area contributed by atoms with E-state index in [1.54, 1.807) is 6.20 Å². The van der Waals surface area contributed by atoms with Crippen LogP contribution >= 0.6 is 11.5 Å². The van der Waals surface area contributed by atoms with Gasteiger partial charge in [0, 0.05) is 24.8 Å². The van der Waals surface area contributed by atoms with E-state index in [-0.39, 0.29) is 6.04 Å². The molecule has 0 saturated carbocycles. The van der Waals surface area contributed by atoms with Crippen molar-refractivity contribution in [3.63, 3.8) is 0 Å². The fourth-order valence-corrected chi connectivity index (χ4v) is 1.75. The average molecular weight is 194 g/mol. The van der Waals surface area contributed by atoms with Crippen molar-refractivity contribution in [1.82, 2.24) is 13.9 Å². The van der Waals surface area contributed by atoms with E-state index in [0.717, 1.165) is 11.5 Å². The highest BCUT2D eigenvalue weighted by molar-refractivity contribution is 7.03. The molecular formula is C8H10N4S. The van der Waals surface area contributed by atoms with E-state index in [2.05, 4.69) is 9.36 Å². The first kappa shape index (κ1) is 8.40. The molecular weight excluding hydrogens is 184 g/mol. The SMILES string of the molecule is Cn1ccnc1C(N)c1ccsn1. The maximum absolute atomic E-state index is 5.97. The molecule has 2 aromatic rings. The van der Waals surface area contributed by atoms with E-state index in [9.17, 15) is 0 Å².